The predicted molar refractivity (Wildman–Crippen MR) is 343 cm³/mol. The number of carbonyl (C=O) groups excluding carboxylic acids is 1. The Morgan fingerprint density at radius 2 is 0.871 bits per heavy atom. The molecule has 3 aromatic rings. The molecule has 8 atom stereocenters. The molecule has 0 bridgehead atoms. The normalized spacial score (nSPS) is 18.4. The highest BCUT2D eigenvalue weighted by molar-refractivity contribution is 7.80. The van der Waals surface area contributed by atoms with Gasteiger partial charge in [0, 0.05) is 6.42 Å². The molecule has 0 radical (unpaired) electrons. The molecule has 4 rings (SSSR count). The monoisotopic (exact) mass is 1210 g/mol. The molecule has 85 heavy (non-hydrogen) atoms. The van der Waals surface area contributed by atoms with Gasteiger partial charge < -0.3 is 39.2 Å². The Balaban J connectivity index is 1.37. The van der Waals surface area contributed by atoms with Gasteiger partial charge >= 0.3 is 10.4 Å². The summed E-state index contributed by atoms with van der Waals surface area (Å²) in [7, 11) is -4.94. The van der Waals surface area contributed by atoms with Crippen LogP contribution in [0.25, 0.3) is 0 Å². The van der Waals surface area contributed by atoms with E-state index in [0.29, 0.717) is 6.42 Å². The van der Waals surface area contributed by atoms with Crippen LogP contribution in [0, 0.1) is 0 Å². The van der Waals surface area contributed by atoms with Crippen LogP contribution in [0.4, 0.5) is 0 Å². The summed E-state index contributed by atoms with van der Waals surface area (Å²) in [5.74, 6) is -0.281. The first-order chi connectivity index (χ1) is 41.6. The number of hydrogen-bond acceptors (Lipinski definition) is 11. The molecule has 1 aliphatic heterocycles. The summed E-state index contributed by atoms with van der Waals surface area (Å²) in [6.07, 6.45) is 37.8. The number of ether oxygens (including phenoxy) is 5. The first kappa shape index (κ1) is 73.9. The van der Waals surface area contributed by atoms with Gasteiger partial charge in [0.25, 0.3) is 0 Å². The molecule has 482 valence electrons. The highest BCUT2D eigenvalue weighted by atomic mass is 32.3. The molecule has 0 aromatic heterocycles. The number of allylic oxidation sites excluding steroid dienone is 1. The quantitative estimate of drug-likeness (QED) is 0.0239. The van der Waals surface area contributed by atoms with Crippen molar-refractivity contribution in [1.29, 1.82) is 0 Å². The first-order valence-electron chi connectivity index (χ1n) is 33.8. The highest BCUT2D eigenvalue weighted by Gasteiger charge is 2.50. The molecule has 1 amide bonds. The number of nitrogens with one attached hydrogen (secondary N) is 1. The fourth-order valence-electron chi connectivity index (χ4n) is 11.3. The van der Waals surface area contributed by atoms with Crippen molar-refractivity contribution in [3.8, 4) is 0 Å². The van der Waals surface area contributed by atoms with Crippen LogP contribution in [-0.4, -0.2) is 91.3 Å². The number of amides is 1. The Bertz CT molecular complexity index is 2170. The lowest BCUT2D eigenvalue weighted by atomic mass is 9.97. The zero-order valence-corrected chi connectivity index (χ0v) is 53.5. The maximum Gasteiger partial charge on any atom is 0.397 e. The lowest BCUT2D eigenvalue weighted by Crippen LogP contribution is -2.62. The maximum atomic E-state index is 13.8. The average molecular weight is 1210 g/mol. The van der Waals surface area contributed by atoms with Crippen molar-refractivity contribution in [1.82, 2.24) is 5.32 Å². The van der Waals surface area contributed by atoms with E-state index in [2.05, 4.69) is 19.2 Å². The molecule has 0 saturated carbocycles. The van der Waals surface area contributed by atoms with Crippen molar-refractivity contribution in [3.63, 3.8) is 0 Å². The number of hydrogen-bond donors (Lipinski definition) is 4. The second-order valence-corrected chi connectivity index (χ2v) is 25.0. The topological polar surface area (TPSA) is 179 Å². The third-order valence-corrected chi connectivity index (χ3v) is 16.9. The molecule has 1 heterocycles. The van der Waals surface area contributed by atoms with E-state index < -0.39 is 66.0 Å². The Morgan fingerprint density at radius 3 is 1.27 bits per heavy atom. The molecule has 1 saturated heterocycles. The number of carbonyl (C=O) groups is 1. The Morgan fingerprint density at radius 1 is 0.506 bits per heavy atom. The Kier molecular flexibility index (Phi) is 42.1. The van der Waals surface area contributed by atoms with Gasteiger partial charge in [0.05, 0.1) is 39.1 Å². The van der Waals surface area contributed by atoms with Crippen molar-refractivity contribution in [2.24, 2.45) is 0 Å². The zero-order valence-electron chi connectivity index (χ0n) is 52.6. The van der Waals surface area contributed by atoms with Gasteiger partial charge in [0.15, 0.2) is 6.29 Å². The van der Waals surface area contributed by atoms with Crippen LogP contribution < -0.4 is 5.32 Å². The molecule has 0 aliphatic carbocycles. The van der Waals surface area contributed by atoms with Gasteiger partial charge in [-0.25, -0.2) is 4.18 Å². The fourth-order valence-corrected chi connectivity index (χ4v) is 11.6. The standard InChI is InChI=1S/C71H115NO12S/c1-3-5-7-9-11-13-15-17-18-19-20-21-22-23-24-25-26-27-29-31-33-35-46-54-66(74)72-63(67(75)64(73)53-45-34-32-30-28-16-14-12-10-8-6-4-2)58-82-71-70(81-57-62-51-43-38-44-52-62)69(80-56-61-49-41-37-42-50-61)68(65(84-71)59-83-85(76,77)78)79-55-60-47-39-36-40-48-60/h36-45,47-53,63-65,67-71,73,75H,3-35,46,54-59H2,1-2H3,(H,72,74)(H,76,77,78)/t63-,64+,65+,67-,68-,69-,70+,71-/m0/s1. The molecule has 0 unspecified atom stereocenters. The van der Waals surface area contributed by atoms with Crippen LogP contribution >= 0.6 is 0 Å². The summed E-state index contributed by atoms with van der Waals surface area (Å²) in [6, 6.07) is 27.4. The summed E-state index contributed by atoms with van der Waals surface area (Å²) in [6.45, 7) is 3.81. The first-order valence-corrected chi connectivity index (χ1v) is 35.1. The van der Waals surface area contributed by atoms with Crippen molar-refractivity contribution >= 4 is 16.3 Å². The fraction of sp³-hybridized carbons (Fsp3) is 0.704. The maximum absolute atomic E-state index is 13.8. The van der Waals surface area contributed by atoms with Crippen molar-refractivity contribution in [3.05, 3.63) is 120 Å². The SMILES string of the molecule is CCCCCCCCCCCCC=C[C@@H](O)[C@@H](O)[C@H](CO[C@H]1O[C@H](COS(=O)(=O)O)[C@H](OCc2ccccc2)[C@H](OCc2ccccc2)[C@H]1OCc1ccccc1)NC(=O)CCCCCCCCCCCCCCCCCCCCCCCCC. The van der Waals surface area contributed by atoms with Gasteiger partial charge in [-0.05, 0) is 36.0 Å². The van der Waals surface area contributed by atoms with Crippen molar-refractivity contribution in [2.45, 2.75) is 307 Å². The largest absolute Gasteiger partial charge is 0.397 e. The molecular formula is C71H115NO12S. The van der Waals surface area contributed by atoms with E-state index in [9.17, 15) is 28.0 Å². The van der Waals surface area contributed by atoms with Gasteiger partial charge in [-0.2, -0.15) is 8.42 Å². The second kappa shape index (κ2) is 48.4. The third-order valence-electron chi connectivity index (χ3n) is 16.4. The van der Waals surface area contributed by atoms with Crippen molar-refractivity contribution < 1.29 is 55.8 Å². The summed E-state index contributed by atoms with van der Waals surface area (Å²) < 4.78 is 72.2. The number of benzene rings is 3. The van der Waals surface area contributed by atoms with E-state index in [0.717, 1.165) is 61.6 Å². The van der Waals surface area contributed by atoms with E-state index in [1.807, 2.05) is 97.1 Å². The molecule has 0 spiro atoms. The predicted octanol–water partition coefficient (Wildman–Crippen LogP) is 16.8. The highest BCUT2D eigenvalue weighted by Crippen LogP contribution is 2.32. The molecule has 1 aliphatic rings. The molecule has 14 heteroatoms. The lowest BCUT2D eigenvalue weighted by molar-refractivity contribution is -0.327. The number of rotatable bonds is 54. The van der Waals surface area contributed by atoms with Gasteiger partial charge in [0.2, 0.25) is 5.91 Å². The summed E-state index contributed by atoms with van der Waals surface area (Å²) >= 11 is 0. The van der Waals surface area contributed by atoms with E-state index in [1.165, 1.54) is 167 Å². The minimum Gasteiger partial charge on any atom is -0.388 e. The minimum atomic E-state index is -4.94. The van der Waals surface area contributed by atoms with Gasteiger partial charge in [-0.15, -0.1) is 0 Å². The summed E-state index contributed by atoms with van der Waals surface area (Å²) in [5.41, 5.74) is 2.53. The third kappa shape index (κ3) is 35.9. The van der Waals surface area contributed by atoms with Gasteiger partial charge in [0.1, 0.15) is 36.6 Å². The Hall–Kier alpha value is -3.54. The summed E-state index contributed by atoms with van der Waals surface area (Å²) in [5, 5.41) is 26.4. The lowest BCUT2D eigenvalue weighted by Gasteiger charge is -2.46. The van der Waals surface area contributed by atoms with Crippen LogP contribution in [0.5, 0.6) is 0 Å². The molecule has 1 fully saturated rings. The zero-order chi connectivity index (χ0) is 60.7. The smallest absolute Gasteiger partial charge is 0.388 e. The number of unbranched alkanes of at least 4 members (excludes halogenated alkanes) is 32. The van der Waals surface area contributed by atoms with Crippen LogP contribution in [0.2, 0.25) is 0 Å². The van der Waals surface area contributed by atoms with E-state index in [4.69, 9.17) is 27.9 Å². The van der Waals surface area contributed by atoms with Crippen LogP contribution in [0.15, 0.2) is 103 Å². The number of aliphatic hydroxyl groups is 2. The van der Waals surface area contributed by atoms with Crippen molar-refractivity contribution in [2.75, 3.05) is 13.2 Å². The van der Waals surface area contributed by atoms with E-state index >= 15 is 0 Å². The van der Waals surface area contributed by atoms with Crippen LogP contribution in [0.3, 0.4) is 0 Å². The van der Waals surface area contributed by atoms with Crippen LogP contribution in [0.1, 0.15) is 255 Å². The van der Waals surface area contributed by atoms with E-state index in [-0.39, 0.29) is 38.8 Å². The molecule has 4 N–H and O–H groups in total. The molecule has 3 aromatic carbocycles. The number of aliphatic hydroxyl groups excluding tert-OH is 2. The Labute approximate surface area is 515 Å². The summed E-state index contributed by atoms with van der Waals surface area (Å²) in [4.78, 5) is 13.8. The van der Waals surface area contributed by atoms with Crippen LogP contribution in [-0.2, 0) is 62.9 Å². The molecule has 13 nitrogen and oxygen atoms in total. The van der Waals surface area contributed by atoms with Gasteiger partial charge in [-0.1, -0.05) is 316 Å². The second-order valence-electron chi connectivity index (χ2n) is 24.0. The average Bonchev–Trinajstić information content (AvgIpc) is 2.98. The van der Waals surface area contributed by atoms with Gasteiger partial charge in [-0.3, -0.25) is 9.35 Å². The van der Waals surface area contributed by atoms with E-state index in [1.54, 1.807) is 6.08 Å². The molecular weight excluding hydrogens is 1090 g/mol. The minimum absolute atomic E-state index is 0.0872.